The van der Waals surface area contributed by atoms with Gasteiger partial charge in [-0.15, -0.1) is 0 Å². The maximum atomic E-state index is 13.2. The Bertz CT molecular complexity index is 1240. The summed E-state index contributed by atoms with van der Waals surface area (Å²) >= 11 is 3.43. The number of aromatic hydroxyl groups is 1. The van der Waals surface area contributed by atoms with E-state index in [1.165, 1.54) is 4.90 Å². The monoisotopic (exact) mass is 584 g/mol. The normalized spacial score (nSPS) is 22.7. The topological polar surface area (TPSA) is 131 Å². The fraction of sp³-hybridized carbons (Fsp3) is 0.414. The number of hydrogen-bond donors (Lipinski definition) is 4. The molecule has 202 valence electrons. The standard InChI is InChI=1S/C29H33BrN2O6/c1-2-11-32-28(37)21-14-19(15-33)26(22(16-34)27(21)29(32)38)25(36)8-6-17(23-5-3-4-10-31-23)12-18-13-20(30)7-9-24(18)35/h3-5,7,9-10,12-13,21-22,25,27,33-36H,2,6,8,11,14-16H2,1H3/b17-12-/t21-,22+,25-,27-/m1/s1. The lowest BCUT2D eigenvalue weighted by Gasteiger charge is -2.36. The zero-order valence-corrected chi connectivity index (χ0v) is 22.8. The molecule has 2 heterocycles. The van der Waals surface area contributed by atoms with Gasteiger partial charge in [-0.05, 0) is 78.8 Å². The van der Waals surface area contributed by atoms with Crippen LogP contribution in [0, 0.1) is 17.8 Å². The molecule has 4 rings (SSSR count). The van der Waals surface area contributed by atoms with Crippen LogP contribution in [0.2, 0.25) is 0 Å². The van der Waals surface area contributed by atoms with Crippen molar-refractivity contribution in [3.8, 4) is 5.75 Å². The average Bonchev–Trinajstić information content (AvgIpc) is 3.16. The number of hydrogen-bond acceptors (Lipinski definition) is 7. The fourth-order valence-corrected chi connectivity index (χ4v) is 6.10. The van der Waals surface area contributed by atoms with Gasteiger partial charge in [0.05, 0.1) is 36.8 Å². The Kier molecular flexibility index (Phi) is 9.15. The van der Waals surface area contributed by atoms with E-state index in [0.29, 0.717) is 41.8 Å². The van der Waals surface area contributed by atoms with E-state index in [4.69, 9.17) is 0 Å². The number of rotatable bonds is 10. The summed E-state index contributed by atoms with van der Waals surface area (Å²) in [5.74, 6) is -2.61. The summed E-state index contributed by atoms with van der Waals surface area (Å²) in [4.78, 5) is 31.8. The summed E-state index contributed by atoms with van der Waals surface area (Å²) in [6.07, 6.45) is 3.84. The maximum absolute atomic E-state index is 13.2. The number of pyridine rings is 1. The maximum Gasteiger partial charge on any atom is 0.233 e. The number of carbonyl (C=O) groups is 2. The van der Waals surface area contributed by atoms with Gasteiger partial charge in [0.15, 0.2) is 0 Å². The van der Waals surface area contributed by atoms with Gasteiger partial charge in [-0.3, -0.25) is 19.5 Å². The van der Waals surface area contributed by atoms with Gasteiger partial charge in [0.25, 0.3) is 0 Å². The lowest BCUT2D eigenvalue weighted by molar-refractivity contribution is -0.140. The van der Waals surface area contributed by atoms with Gasteiger partial charge in [0.1, 0.15) is 5.75 Å². The number of allylic oxidation sites excluding steroid dienone is 1. The van der Waals surface area contributed by atoms with Crippen LogP contribution in [0.15, 0.2) is 58.2 Å². The summed E-state index contributed by atoms with van der Waals surface area (Å²) < 4.78 is 0.801. The van der Waals surface area contributed by atoms with Crippen LogP contribution >= 0.6 is 15.9 Å². The third-order valence-electron chi connectivity index (χ3n) is 7.47. The number of amides is 2. The van der Waals surface area contributed by atoms with Crippen molar-refractivity contribution >= 4 is 39.4 Å². The first kappa shape index (κ1) is 28.2. The average molecular weight is 585 g/mol. The predicted molar refractivity (Wildman–Crippen MR) is 146 cm³/mol. The number of aromatic nitrogens is 1. The number of carbonyl (C=O) groups excluding carboxylic acids is 2. The molecule has 1 aliphatic heterocycles. The van der Waals surface area contributed by atoms with Gasteiger partial charge in [-0.25, -0.2) is 0 Å². The van der Waals surface area contributed by atoms with Crippen molar-refractivity contribution < 1.29 is 30.0 Å². The molecule has 1 aliphatic carbocycles. The molecule has 2 aliphatic rings. The minimum absolute atomic E-state index is 0.104. The number of likely N-dealkylation sites (tertiary alicyclic amines) is 1. The molecule has 0 bridgehead atoms. The summed E-state index contributed by atoms with van der Waals surface area (Å²) in [6, 6.07) is 10.6. The molecule has 0 spiro atoms. The number of fused-ring (bicyclic) bond motifs is 1. The highest BCUT2D eigenvalue weighted by Gasteiger charge is 2.54. The van der Waals surface area contributed by atoms with E-state index in [1.807, 2.05) is 25.1 Å². The van der Waals surface area contributed by atoms with Crippen molar-refractivity contribution in [2.75, 3.05) is 19.8 Å². The fourth-order valence-electron chi connectivity index (χ4n) is 5.72. The van der Waals surface area contributed by atoms with Crippen LogP contribution < -0.4 is 0 Å². The molecule has 9 heteroatoms. The number of aliphatic hydroxyl groups is 3. The number of aliphatic hydroxyl groups excluding tert-OH is 3. The first-order chi connectivity index (χ1) is 18.3. The number of nitrogens with zero attached hydrogens (tertiary/aromatic N) is 2. The second kappa shape index (κ2) is 12.3. The Morgan fingerprint density at radius 1 is 1.21 bits per heavy atom. The van der Waals surface area contributed by atoms with E-state index in [-0.39, 0.29) is 37.0 Å². The van der Waals surface area contributed by atoms with Crippen LogP contribution in [0.5, 0.6) is 5.75 Å². The third kappa shape index (κ3) is 5.61. The minimum atomic E-state index is -1.05. The quantitative estimate of drug-likeness (QED) is 0.248. The molecule has 2 aromatic rings. The number of phenolic OH excluding ortho intramolecular Hbond substituents is 1. The molecule has 38 heavy (non-hydrogen) atoms. The molecular weight excluding hydrogens is 552 g/mol. The minimum Gasteiger partial charge on any atom is -0.507 e. The predicted octanol–water partition coefficient (Wildman–Crippen LogP) is 3.54. The molecule has 0 saturated carbocycles. The highest BCUT2D eigenvalue weighted by atomic mass is 79.9. The largest absolute Gasteiger partial charge is 0.507 e. The highest BCUT2D eigenvalue weighted by molar-refractivity contribution is 9.10. The molecule has 1 fully saturated rings. The Morgan fingerprint density at radius 3 is 2.66 bits per heavy atom. The van der Waals surface area contributed by atoms with Crippen molar-refractivity contribution in [2.24, 2.45) is 17.8 Å². The van der Waals surface area contributed by atoms with Gasteiger partial charge >= 0.3 is 0 Å². The van der Waals surface area contributed by atoms with Crippen molar-refractivity contribution in [1.29, 1.82) is 0 Å². The number of halogens is 1. The highest BCUT2D eigenvalue weighted by Crippen LogP contribution is 2.46. The van der Waals surface area contributed by atoms with Crippen LogP contribution in [0.1, 0.15) is 43.9 Å². The van der Waals surface area contributed by atoms with Crippen molar-refractivity contribution in [2.45, 2.75) is 38.7 Å². The summed E-state index contributed by atoms with van der Waals surface area (Å²) in [7, 11) is 0. The van der Waals surface area contributed by atoms with E-state index in [2.05, 4.69) is 20.9 Å². The molecule has 8 nitrogen and oxygen atoms in total. The van der Waals surface area contributed by atoms with Gasteiger partial charge < -0.3 is 20.4 Å². The summed E-state index contributed by atoms with van der Waals surface area (Å²) in [5.41, 5.74) is 3.00. The van der Waals surface area contributed by atoms with Gasteiger partial charge in [-0.1, -0.05) is 28.9 Å². The van der Waals surface area contributed by atoms with Crippen LogP contribution in [0.3, 0.4) is 0 Å². The number of phenols is 1. The number of imide groups is 1. The lowest BCUT2D eigenvalue weighted by Crippen LogP contribution is -2.39. The van der Waals surface area contributed by atoms with Crippen molar-refractivity contribution in [3.63, 3.8) is 0 Å². The second-order valence-electron chi connectivity index (χ2n) is 9.81. The molecule has 0 radical (unpaired) electrons. The lowest BCUT2D eigenvalue weighted by atomic mass is 9.68. The van der Waals surface area contributed by atoms with Crippen LogP contribution in [0.25, 0.3) is 11.6 Å². The van der Waals surface area contributed by atoms with Gasteiger partial charge in [0, 0.05) is 28.7 Å². The first-order valence-electron chi connectivity index (χ1n) is 12.9. The molecule has 1 aromatic carbocycles. The van der Waals surface area contributed by atoms with Gasteiger partial charge in [0.2, 0.25) is 11.8 Å². The first-order valence-corrected chi connectivity index (χ1v) is 13.7. The molecular formula is C29H33BrN2O6. The second-order valence-corrected chi connectivity index (χ2v) is 10.7. The van der Waals surface area contributed by atoms with Crippen molar-refractivity contribution in [3.05, 3.63) is 69.5 Å². The van der Waals surface area contributed by atoms with Crippen LogP contribution in [-0.2, 0) is 9.59 Å². The third-order valence-corrected chi connectivity index (χ3v) is 7.96. The Balaban J connectivity index is 1.63. The number of benzene rings is 1. The zero-order valence-electron chi connectivity index (χ0n) is 21.3. The Labute approximate surface area is 230 Å². The van der Waals surface area contributed by atoms with E-state index >= 15 is 0 Å². The Morgan fingerprint density at radius 2 is 2.00 bits per heavy atom. The van der Waals surface area contributed by atoms with E-state index < -0.39 is 30.5 Å². The smallest absolute Gasteiger partial charge is 0.233 e. The van der Waals surface area contributed by atoms with Crippen molar-refractivity contribution in [1.82, 2.24) is 9.88 Å². The summed E-state index contributed by atoms with van der Waals surface area (Å²) in [6.45, 7) is 1.43. The SMILES string of the molecule is CCCN1C(=O)[C@@H]2[C@@H](CC(CO)=C([C@H](O)CC/C(=C/c3cc(Br)ccc3O)c3ccccn3)[C@@H]2CO)C1=O. The van der Waals surface area contributed by atoms with Crippen LogP contribution in [0.4, 0.5) is 0 Å². The molecule has 4 atom stereocenters. The van der Waals surface area contributed by atoms with E-state index in [0.717, 1.165) is 10.0 Å². The Hall–Kier alpha value is -2.85. The van der Waals surface area contributed by atoms with Crippen LogP contribution in [-0.4, -0.2) is 68.0 Å². The molecule has 4 N–H and O–H groups in total. The molecule has 0 unspecified atom stereocenters. The molecule has 1 aromatic heterocycles. The molecule has 1 saturated heterocycles. The zero-order chi connectivity index (χ0) is 27.4. The van der Waals surface area contributed by atoms with E-state index in [1.54, 1.807) is 30.5 Å². The summed E-state index contributed by atoms with van der Waals surface area (Å²) in [5, 5.41) is 42.3. The van der Waals surface area contributed by atoms with Gasteiger partial charge in [-0.2, -0.15) is 0 Å². The van der Waals surface area contributed by atoms with E-state index in [9.17, 15) is 30.0 Å². The molecule has 2 amide bonds.